The van der Waals surface area contributed by atoms with Gasteiger partial charge >= 0.3 is 5.97 Å². The van der Waals surface area contributed by atoms with Crippen molar-refractivity contribution in [1.82, 2.24) is 15.0 Å². The van der Waals surface area contributed by atoms with Gasteiger partial charge in [0.25, 0.3) is 5.56 Å². The Morgan fingerprint density at radius 2 is 2.11 bits per heavy atom. The van der Waals surface area contributed by atoms with Crippen LogP contribution in [0.5, 0.6) is 0 Å². The molecule has 6 nitrogen and oxygen atoms in total. The van der Waals surface area contributed by atoms with Gasteiger partial charge in [0.1, 0.15) is 10.3 Å². The number of fused-ring (bicyclic) bond motifs is 1. The predicted molar refractivity (Wildman–Crippen MR) is 73.1 cm³/mol. The first-order valence-electron chi connectivity index (χ1n) is 5.62. The molecule has 0 saturated heterocycles. The summed E-state index contributed by atoms with van der Waals surface area (Å²) in [5.74, 6) is -0.782. The minimum absolute atomic E-state index is 0.149. The monoisotopic (exact) mass is 279 g/mol. The van der Waals surface area contributed by atoms with E-state index < -0.39 is 10.7 Å². The van der Waals surface area contributed by atoms with E-state index >= 15 is 0 Å². The number of hydrogen-bond donors (Lipinski definition) is 1. The fourth-order valence-electron chi connectivity index (χ4n) is 1.39. The van der Waals surface area contributed by atoms with Crippen LogP contribution in [0.4, 0.5) is 0 Å². The SMILES string of the molecule is CC(C)(SCn1nnc2ccccc2c1=O)C(=O)O. The second-order valence-corrected chi connectivity index (χ2v) is 6.07. The molecule has 0 spiro atoms. The Labute approximate surface area is 113 Å². The molecule has 1 aromatic heterocycles. The van der Waals surface area contributed by atoms with E-state index in [-0.39, 0.29) is 11.4 Å². The van der Waals surface area contributed by atoms with E-state index in [1.165, 1.54) is 4.68 Å². The van der Waals surface area contributed by atoms with Gasteiger partial charge in [0.2, 0.25) is 0 Å². The highest BCUT2D eigenvalue weighted by Gasteiger charge is 2.28. The number of rotatable bonds is 4. The molecule has 0 bridgehead atoms. The molecule has 0 fully saturated rings. The molecule has 0 aliphatic heterocycles. The van der Waals surface area contributed by atoms with Gasteiger partial charge in [0, 0.05) is 0 Å². The zero-order valence-corrected chi connectivity index (χ0v) is 11.3. The average Bonchev–Trinajstić information content (AvgIpc) is 2.38. The van der Waals surface area contributed by atoms with Crippen LogP contribution in [0.2, 0.25) is 0 Å². The van der Waals surface area contributed by atoms with E-state index in [9.17, 15) is 9.59 Å². The Hall–Kier alpha value is -1.89. The Balaban J connectivity index is 2.30. The smallest absolute Gasteiger partial charge is 0.319 e. The van der Waals surface area contributed by atoms with Crippen LogP contribution in [-0.2, 0) is 10.7 Å². The lowest BCUT2D eigenvalue weighted by molar-refractivity contribution is -0.138. The van der Waals surface area contributed by atoms with Gasteiger partial charge < -0.3 is 5.11 Å². The molecule has 1 N–H and O–H groups in total. The summed E-state index contributed by atoms with van der Waals surface area (Å²) >= 11 is 1.12. The fourth-order valence-corrected chi connectivity index (χ4v) is 2.13. The molecule has 7 heteroatoms. The summed E-state index contributed by atoms with van der Waals surface area (Å²) < 4.78 is 0.199. The molecule has 0 saturated carbocycles. The summed E-state index contributed by atoms with van der Waals surface area (Å²) in [5.41, 5.74) is 0.269. The lowest BCUT2D eigenvalue weighted by Gasteiger charge is -2.18. The molecule has 0 amide bonds. The number of carboxylic acids is 1. The molecule has 2 aromatic rings. The van der Waals surface area contributed by atoms with E-state index in [2.05, 4.69) is 10.3 Å². The number of aromatic nitrogens is 3. The maximum atomic E-state index is 12.1. The molecular weight excluding hydrogens is 266 g/mol. The highest BCUT2D eigenvalue weighted by molar-refractivity contribution is 8.00. The summed E-state index contributed by atoms with van der Waals surface area (Å²) in [7, 11) is 0. The molecule has 2 rings (SSSR count). The number of hydrogen-bond acceptors (Lipinski definition) is 5. The first-order valence-corrected chi connectivity index (χ1v) is 6.60. The molecule has 0 radical (unpaired) electrons. The van der Waals surface area contributed by atoms with Crippen LogP contribution in [0.25, 0.3) is 10.9 Å². The van der Waals surface area contributed by atoms with Crippen LogP contribution < -0.4 is 5.56 Å². The number of nitrogens with zero attached hydrogens (tertiary/aromatic N) is 3. The molecule has 0 atom stereocenters. The number of aliphatic carboxylic acids is 1. The van der Waals surface area contributed by atoms with E-state index in [1.54, 1.807) is 38.1 Å². The minimum Gasteiger partial charge on any atom is -0.480 e. The topological polar surface area (TPSA) is 85.1 Å². The van der Waals surface area contributed by atoms with Gasteiger partial charge in [-0.2, -0.15) is 0 Å². The van der Waals surface area contributed by atoms with Crippen molar-refractivity contribution in [3.8, 4) is 0 Å². The third-order valence-corrected chi connectivity index (χ3v) is 3.96. The standard InChI is InChI=1S/C12H13N3O3S/c1-12(2,11(17)18)19-7-15-10(16)8-5-3-4-6-9(8)13-14-15/h3-6H,7H2,1-2H3,(H,17,18). The predicted octanol–water partition coefficient (Wildman–Crippen LogP) is 1.35. The highest BCUT2D eigenvalue weighted by Crippen LogP contribution is 2.25. The molecule has 100 valence electrons. The highest BCUT2D eigenvalue weighted by atomic mass is 32.2. The van der Waals surface area contributed by atoms with Gasteiger partial charge in [0.15, 0.2) is 0 Å². The first-order chi connectivity index (χ1) is 8.92. The van der Waals surface area contributed by atoms with E-state index in [4.69, 9.17) is 5.11 Å². The second-order valence-electron chi connectivity index (χ2n) is 4.50. The van der Waals surface area contributed by atoms with Gasteiger partial charge in [-0.3, -0.25) is 9.59 Å². The largest absolute Gasteiger partial charge is 0.480 e. The fraction of sp³-hybridized carbons (Fsp3) is 0.333. The maximum absolute atomic E-state index is 12.1. The normalized spacial score (nSPS) is 11.7. The van der Waals surface area contributed by atoms with Gasteiger partial charge in [-0.25, -0.2) is 4.68 Å². The van der Waals surface area contributed by atoms with Gasteiger partial charge in [-0.1, -0.05) is 17.3 Å². The Morgan fingerprint density at radius 3 is 2.79 bits per heavy atom. The third kappa shape index (κ3) is 2.76. The molecule has 0 aliphatic carbocycles. The Bertz CT molecular complexity index is 681. The molecular formula is C12H13N3O3S. The van der Waals surface area contributed by atoms with Gasteiger partial charge in [0.05, 0.1) is 11.3 Å². The number of benzene rings is 1. The zero-order valence-electron chi connectivity index (χ0n) is 10.5. The van der Waals surface area contributed by atoms with Crippen LogP contribution in [0.3, 0.4) is 0 Å². The molecule has 0 unspecified atom stereocenters. The van der Waals surface area contributed by atoms with Crippen LogP contribution in [-0.4, -0.2) is 30.8 Å². The number of carbonyl (C=O) groups is 1. The van der Waals surface area contributed by atoms with Crippen molar-refractivity contribution in [2.24, 2.45) is 0 Å². The Kier molecular flexibility index (Phi) is 3.57. The number of thioether (sulfide) groups is 1. The van der Waals surface area contributed by atoms with Crippen molar-refractivity contribution in [3.05, 3.63) is 34.6 Å². The minimum atomic E-state index is -0.979. The van der Waals surface area contributed by atoms with Crippen molar-refractivity contribution < 1.29 is 9.90 Å². The van der Waals surface area contributed by atoms with Crippen LogP contribution in [0.15, 0.2) is 29.1 Å². The lowest BCUT2D eigenvalue weighted by Crippen LogP contribution is -2.30. The quantitative estimate of drug-likeness (QED) is 0.909. The number of carboxylic acid groups (broad SMARTS) is 1. The van der Waals surface area contributed by atoms with Crippen molar-refractivity contribution in [2.75, 3.05) is 0 Å². The van der Waals surface area contributed by atoms with Crippen molar-refractivity contribution in [2.45, 2.75) is 24.5 Å². The average molecular weight is 279 g/mol. The Morgan fingerprint density at radius 1 is 1.42 bits per heavy atom. The van der Waals surface area contributed by atoms with E-state index in [0.29, 0.717) is 10.9 Å². The van der Waals surface area contributed by atoms with Crippen molar-refractivity contribution >= 4 is 28.6 Å². The molecule has 19 heavy (non-hydrogen) atoms. The van der Waals surface area contributed by atoms with Gasteiger partial charge in [-0.05, 0) is 26.0 Å². The summed E-state index contributed by atoms with van der Waals surface area (Å²) in [6.45, 7) is 3.17. The van der Waals surface area contributed by atoms with Crippen molar-refractivity contribution in [1.29, 1.82) is 0 Å². The zero-order chi connectivity index (χ0) is 14.0. The van der Waals surface area contributed by atoms with Crippen molar-refractivity contribution in [3.63, 3.8) is 0 Å². The van der Waals surface area contributed by atoms with Crippen LogP contribution >= 0.6 is 11.8 Å². The molecule has 1 heterocycles. The first kappa shape index (κ1) is 13.5. The summed E-state index contributed by atoms with van der Waals surface area (Å²) in [4.78, 5) is 23.1. The lowest BCUT2D eigenvalue weighted by atomic mass is 10.2. The third-order valence-electron chi connectivity index (χ3n) is 2.69. The molecule has 1 aromatic carbocycles. The van der Waals surface area contributed by atoms with E-state index in [0.717, 1.165) is 11.8 Å². The van der Waals surface area contributed by atoms with Gasteiger partial charge in [-0.15, -0.1) is 16.9 Å². The van der Waals surface area contributed by atoms with Crippen LogP contribution in [0.1, 0.15) is 13.8 Å². The van der Waals surface area contributed by atoms with E-state index in [1.807, 2.05) is 0 Å². The summed E-state index contributed by atoms with van der Waals surface area (Å²) in [6.07, 6.45) is 0. The molecule has 0 aliphatic rings. The maximum Gasteiger partial charge on any atom is 0.319 e. The second kappa shape index (κ2) is 5.00. The van der Waals surface area contributed by atoms with Crippen LogP contribution in [0, 0.1) is 0 Å². The summed E-state index contributed by atoms with van der Waals surface area (Å²) in [6, 6.07) is 6.92. The summed E-state index contributed by atoms with van der Waals surface area (Å²) in [5, 5.41) is 17.2.